The van der Waals surface area contributed by atoms with Crippen LogP contribution in [0, 0.1) is 6.92 Å². The predicted molar refractivity (Wildman–Crippen MR) is 81.1 cm³/mol. The summed E-state index contributed by atoms with van der Waals surface area (Å²) in [6.45, 7) is 3.58. The molecule has 106 valence electrons. The van der Waals surface area contributed by atoms with E-state index in [2.05, 4.69) is 4.98 Å². The summed E-state index contributed by atoms with van der Waals surface area (Å²) in [5, 5.41) is 0. The van der Waals surface area contributed by atoms with Gasteiger partial charge in [-0.2, -0.15) is 0 Å². The lowest BCUT2D eigenvalue weighted by atomic mass is 10.1. The number of halogens is 1. The summed E-state index contributed by atoms with van der Waals surface area (Å²) in [4.78, 5) is 4.01. The molecule has 0 N–H and O–H groups in total. The highest BCUT2D eigenvalue weighted by molar-refractivity contribution is 7.95. The molecular weight excluding hydrogens is 316 g/mol. The molecule has 0 spiro atoms. The molecular formula is C13H13ClN2O2S2. The molecule has 2 heterocycles. The van der Waals surface area contributed by atoms with Crippen molar-refractivity contribution in [2.75, 3.05) is 4.31 Å². The maximum atomic E-state index is 12.9. The second-order valence-corrected chi connectivity index (χ2v) is 8.41. The molecule has 0 fully saturated rings. The van der Waals surface area contributed by atoms with Crippen LogP contribution in [-0.2, 0) is 16.4 Å². The van der Waals surface area contributed by atoms with Crippen LogP contribution in [0.2, 0.25) is 4.47 Å². The Morgan fingerprint density at radius 2 is 2.10 bits per heavy atom. The second kappa shape index (κ2) is 4.72. The molecule has 1 unspecified atom stereocenters. The predicted octanol–water partition coefficient (Wildman–Crippen LogP) is 3.24. The standard InChI is InChI=1S/C13H13ClN2O2S2/c1-8-7-10-5-3-4-6-11(10)16(8)20(17,18)12-9(2)15-13(14)19-12/h3-6,8H,7H2,1-2H3. The molecule has 20 heavy (non-hydrogen) atoms. The second-order valence-electron chi connectivity index (χ2n) is 4.82. The quantitative estimate of drug-likeness (QED) is 0.850. The number of thiazole rings is 1. The van der Waals surface area contributed by atoms with E-state index < -0.39 is 10.0 Å². The van der Waals surface area contributed by atoms with Crippen LogP contribution in [-0.4, -0.2) is 19.4 Å². The molecule has 0 saturated heterocycles. The molecule has 1 aliphatic rings. The Hall–Kier alpha value is -1.11. The number of para-hydroxylation sites is 1. The molecule has 7 heteroatoms. The van der Waals surface area contributed by atoms with Crippen LogP contribution in [0.5, 0.6) is 0 Å². The average molecular weight is 329 g/mol. The van der Waals surface area contributed by atoms with Crippen molar-refractivity contribution in [3.63, 3.8) is 0 Å². The SMILES string of the molecule is Cc1nc(Cl)sc1S(=O)(=O)N1c2ccccc2CC1C. The molecule has 3 rings (SSSR count). The summed E-state index contributed by atoms with van der Waals surface area (Å²) in [5.74, 6) is 0. The maximum Gasteiger partial charge on any atom is 0.276 e. The number of benzene rings is 1. The van der Waals surface area contributed by atoms with Gasteiger partial charge in [-0.3, -0.25) is 4.31 Å². The molecule has 0 bridgehead atoms. The van der Waals surface area contributed by atoms with Crippen LogP contribution in [0.3, 0.4) is 0 Å². The number of aromatic nitrogens is 1. The van der Waals surface area contributed by atoms with E-state index in [0.29, 0.717) is 5.69 Å². The van der Waals surface area contributed by atoms with Gasteiger partial charge in [0, 0.05) is 6.04 Å². The van der Waals surface area contributed by atoms with Gasteiger partial charge in [0.1, 0.15) is 0 Å². The first-order valence-electron chi connectivity index (χ1n) is 6.16. The van der Waals surface area contributed by atoms with Crippen molar-refractivity contribution in [3.8, 4) is 0 Å². The first kappa shape index (κ1) is 13.9. The lowest BCUT2D eigenvalue weighted by Gasteiger charge is -2.23. The summed E-state index contributed by atoms with van der Waals surface area (Å²) >= 11 is 6.85. The zero-order valence-electron chi connectivity index (χ0n) is 11.0. The van der Waals surface area contributed by atoms with Crippen molar-refractivity contribution in [2.24, 2.45) is 0 Å². The van der Waals surface area contributed by atoms with Gasteiger partial charge in [-0.05, 0) is 31.9 Å². The monoisotopic (exact) mass is 328 g/mol. The van der Waals surface area contributed by atoms with Crippen molar-refractivity contribution in [3.05, 3.63) is 40.0 Å². The van der Waals surface area contributed by atoms with Crippen LogP contribution >= 0.6 is 22.9 Å². The molecule has 4 nitrogen and oxygen atoms in total. The summed E-state index contributed by atoms with van der Waals surface area (Å²) in [6, 6.07) is 7.49. The Kier molecular flexibility index (Phi) is 3.27. The van der Waals surface area contributed by atoms with E-state index in [-0.39, 0.29) is 14.7 Å². The molecule has 1 aromatic heterocycles. The topological polar surface area (TPSA) is 50.3 Å². The minimum Gasteiger partial charge on any atom is -0.262 e. The van der Waals surface area contributed by atoms with Gasteiger partial charge in [-0.15, -0.1) is 0 Å². The zero-order valence-corrected chi connectivity index (χ0v) is 13.4. The number of hydrogen-bond acceptors (Lipinski definition) is 4. The van der Waals surface area contributed by atoms with Gasteiger partial charge in [0.25, 0.3) is 10.0 Å². The Bertz CT molecular complexity index is 770. The first-order valence-corrected chi connectivity index (χ1v) is 8.80. The molecule has 1 atom stereocenters. The van der Waals surface area contributed by atoms with Crippen molar-refractivity contribution >= 4 is 38.6 Å². The van der Waals surface area contributed by atoms with Crippen LogP contribution < -0.4 is 4.31 Å². The Balaban J connectivity index is 2.15. The Morgan fingerprint density at radius 3 is 2.75 bits per heavy atom. The highest BCUT2D eigenvalue weighted by Gasteiger charge is 2.37. The fourth-order valence-corrected chi connectivity index (χ4v) is 6.09. The third kappa shape index (κ3) is 2.03. The van der Waals surface area contributed by atoms with E-state index in [1.54, 1.807) is 6.92 Å². The number of sulfonamides is 1. The number of fused-ring (bicyclic) bond motifs is 1. The normalized spacial score (nSPS) is 18.4. The van der Waals surface area contributed by atoms with Crippen molar-refractivity contribution in [1.29, 1.82) is 0 Å². The van der Waals surface area contributed by atoms with Gasteiger partial charge in [-0.1, -0.05) is 41.1 Å². The third-order valence-corrected chi connectivity index (χ3v) is 7.14. The number of aryl methyl sites for hydroxylation is 1. The van der Waals surface area contributed by atoms with Crippen molar-refractivity contribution in [1.82, 2.24) is 4.98 Å². The van der Waals surface area contributed by atoms with E-state index in [0.717, 1.165) is 29.0 Å². The summed E-state index contributed by atoms with van der Waals surface area (Å²) < 4.78 is 27.7. The number of anilines is 1. The Labute approximate surface area is 127 Å². The molecule has 0 saturated carbocycles. The fraction of sp³-hybridized carbons (Fsp3) is 0.308. The highest BCUT2D eigenvalue weighted by atomic mass is 35.5. The number of hydrogen-bond donors (Lipinski definition) is 0. The molecule has 0 aliphatic carbocycles. The smallest absolute Gasteiger partial charge is 0.262 e. The molecule has 1 aromatic carbocycles. The van der Waals surface area contributed by atoms with Crippen LogP contribution in [0.15, 0.2) is 28.5 Å². The van der Waals surface area contributed by atoms with Gasteiger partial charge in [-0.25, -0.2) is 13.4 Å². The van der Waals surface area contributed by atoms with E-state index in [4.69, 9.17) is 11.6 Å². The summed E-state index contributed by atoms with van der Waals surface area (Å²) in [5.41, 5.74) is 2.26. The lowest BCUT2D eigenvalue weighted by molar-refractivity contribution is 0.585. The maximum absolute atomic E-state index is 12.9. The van der Waals surface area contributed by atoms with Gasteiger partial charge < -0.3 is 0 Å². The molecule has 1 aliphatic heterocycles. The summed E-state index contributed by atoms with van der Waals surface area (Å²) in [6.07, 6.45) is 0.723. The zero-order chi connectivity index (χ0) is 14.5. The lowest BCUT2D eigenvalue weighted by Crippen LogP contribution is -2.35. The largest absolute Gasteiger partial charge is 0.276 e. The average Bonchev–Trinajstić information content (AvgIpc) is 2.88. The number of nitrogens with zero attached hydrogens (tertiary/aromatic N) is 2. The van der Waals surface area contributed by atoms with Gasteiger partial charge >= 0.3 is 0 Å². The van der Waals surface area contributed by atoms with E-state index in [1.807, 2.05) is 31.2 Å². The van der Waals surface area contributed by atoms with Crippen LogP contribution in [0.25, 0.3) is 0 Å². The fourth-order valence-electron chi connectivity index (χ4n) is 2.58. The van der Waals surface area contributed by atoms with Crippen LogP contribution in [0.1, 0.15) is 18.2 Å². The Morgan fingerprint density at radius 1 is 1.40 bits per heavy atom. The van der Waals surface area contributed by atoms with E-state index >= 15 is 0 Å². The van der Waals surface area contributed by atoms with E-state index in [9.17, 15) is 8.42 Å². The number of rotatable bonds is 2. The minimum absolute atomic E-state index is 0.0994. The van der Waals surface area contributed by atoms with Crippen LogP contribution in [0.4, 0.5) is 5.69 Å². The highest BCUT2D eigenvalue weighted by Crippen LogP contribution is 2.39. The molecule has 0 amide bonds. The van der Waals surface area contributed by atoms with Gasteiger partial charge in [0.05, 0.1) is 11.4 Å². The van der Waals surface area contributed by atoms with Gasteiger partial charge in [0.15, 0.2) is 8.68 Å². The third-order valence-electron chi connectivity index (χ3n) is 3.37. The minimum atomic E-state index is -3.61. The molecule has 0 radical (unpaired) electrons. The summed E-state index contributed by atoms with van der Waals surface area (Å²) in [7, 11) is -3.61. The van der Waals surface area contributed by atoms with Crippen molar-refractivity contribution in [2.45, 2.75) is 30.5 Å². The van der Waals surface area contributed by atoms with Crippen molar-refractivity contribution < 1.29 is 8.42 Å². The molecule has 2 aromatic rings. The van der Waals surface area contributed by atoms with Gasteiger partial charge in [0.2, 0.25) is 0 Å². The first-order chi connectivity index (χ1) is 9.41. The van der Waals surface area contributed by atoms with E-state index in [1.165, 1.54) is 4.31 Å².